The number of nitrogen functional groups attached to an aromatic ring is 1. The van der Waals surface area contributed by atoms with Crippen molar-refractivity contribution < 1.29 is 24.3 Å². The molecule has 1 unspecified atom stereocenters. The van der Waals surface area contributed by atoms with Crippen molar-refractivity contribution >= 4 is 34.9 Å². The number of nitrogens with two attached hydrogens (primary N) is 1. The van der Waals surface area contributed by atoms with E-state index >= 15 is 0 Å². The van der Waals surface area contributed by atoms with E-state index in [2.05, 4.69) is 10.7 Å². The summed E-state index contributed by atoms with van der Waals surface area (Å²) in [5, 5.41) is 12.8. The Morgan fingerprint density at radius 1 is 1.20 bits per heavy atom. The Kier molecular flexibility index (Phi) is 7.23. The first-order valence-corrected chi connectivity index (χ1v) is 11.7. The van der Waals surface area contributed by atoms with E-state index in [9.17, 15) is 14.7 Å². The van der Waals surface area contributed by atoms with Crippen LogP contribution in [0.2, 0.25) is 5.02 Å². The smallest absolute Gasteiger partial charge is 0.335 e. The highest BCUT2D eigenvalue weighted by molar-refractivity contribution is 6.31. The number of pyridine rings is 1. The Labute approximate surface area is 208 Å². The third kappa shape index (κ3) is 5.55. The minimum absolute atomic E-state index is 0.176. The molecule has 35 heavy (non-hydrogen) atoms. The predicted octanol–water partition coefficient (Wildman–Crippen LogP) is 4.17. The quantitative estimate of drug-likeness (QED) is 0.201. The number of carbonyl (C=O) groups excluding carboxylic acids is 1. The normalized spacial score (nSPS) is 13.7. The summed E-state index contributed by atoms with van der Waals surface area (Å²) >= 11 is 6.21. The number of carboxylic acids is 1. The van der Waals surface area contributed by atoms with Crippen LogP contribution in [0.1, 0.15) is 46.8 Å². The first-order valence-electron chi connectivity index (χ1n) is 11.3. The van der Waals surface area contributed by atoms with E-state index in [1.165, 1.54) is 6.07 Å². The lowest BCUT2D eigenvalue weighted by molar-refractivity contribution is -0.890. The Morgan fingerprint density at radius 2 is 1.97 bits per heavy atom. The molecule has 1 aromatic heterocycles. The lowest BCUT2D eigenvalue weighted by Gasteiger charge is -2.16. The molecule has 8 nitrogen and oxygen atoms in total. The second-order valence-electron chi connectivity index (χ2n) is 8.74. The number of hydrazine groups is 1. The van der Waals surface area contributed by atoms with Crippen molar-refractivity contribution in [2.45, 2.75) is 32.1 Å². The Balaban J connectivity index is 1.66. The van der Waals surface area contributed by atoms with Gasteiger partial charge in [-0.15, -0.1) is 0 Å². The first kappa shape index (κ1) is 24.5. The van der Waals surface area contributed by atoms with Gasteiger partial charge in [0.15, 0.2) is 0 Å². The third-order valence-electron chi connectivity index (χ3n) is 6.25. The van der Waals surface area contributed by atoms with Crippen molar-refractivity contribution in [2.24, 2.45) is 11.8 Å². The zero-order chi connectivity index (χ0) is 25.1. The van der Waals surface area contributed by atoms with Crippen molar-refractivity contribution in [1.29, 1.82) is 0 Å². The second kappa shape index (κ2) is 10.3. The molecule has 1 amide bonds. The third-order valence-corrected chi connectivity index (χ3v) is 6.49. The second-order valence-corrected chi connectivity index (χ2v) is 9.18. The summed E-state index contributed by atoms with van der Waals surface area (Å²) in [4.78, 5) is 30.4. The Morgan fingerprint density at radius 3 is 2.60 bits per heavy atom. The van der Waals surface area contributed by atoms with Gasteiger partial charge in [-0.25, -0.2) is 4.79 Å². The molecule has 4 rings (SSSR count). The fourth-order valence-corrected chi connectivity index (χ4v) is 4.39. The number of amides is 1. The zero-order valence-electron chi connectivity index (χ0n) is 19.5. The number of aryl methyl sites for hydroxylation is 1. The number of benzene rings is 2. The van der Waals surface area contributed by atoms with Crippen molar-refractivity contribution in [3.8, 4) is 11.1 Å². The van der Waals surface area contributed by atoms with Crippen molar-refractivity contribution in [3.63, 3.8) is 0 Å². The number of halogens is 1. The minimum atomic E-state index is -0.999. The number of rotatable bonds is 9. The van der Waals surface area contributed by atoms with Crippen LogP contribution in [0.25, 0.3) is 11.1 Å². The molecular formula is C26H28ClN4O4+. The topological polar surface area (TPSA) is 118 Å². The molecule has 1 saturated carbocycles. The minimum Gasteiger partial charge on any atom is -0.478 e. The Bertz CT molecular complexity index is 1280. The lowest BCUT2D eigenvalue weighted by Crippen LogP contribution is -2.47. The molecule has 0 saturated heterocycles. The molecule has 1 atom stereocenters. The van der Waals surface area contributed by atoms with Gasteiger partial charge in [0.05, 0.1) is 16.8 Å². The van der Waals surface area contributed by atoms with Gasteiger partial charge in [0.25, 0.3) is 0 Å². The van der Waals surface area contributed by atoms with Crippen LogP contribution in [0.4, 0.5) is 11.4 Å². The molecule has 1 aliphatic rings. The molecule has 0 aliphatic heterocycles. The molecule has 1 heterocycles. The van der Waals surface area contributed by atoms with Crippen molar-refractivity contribution in [1.82, 2.24) is 0 Å². The van der Waals surface area contributed by atoms with E-state index in [0.717, 1.165) is 24.0 Å². The van der Waals surface area contributed by atoms with Gasteiger partial charge in [0.2, 0.25) is 17.8 Å². The number of carbonyl (C=O) groups is 2. The summed E-state index contributed by atoms with van der Waals surface area (Å²) in [6, 6.07) is 13.9. The summed E-state index contributed by atoms with van der Waals surface area (Å²) in [6.07, 6.45) is 4.68. The first-order chi connectivity index (χ1) is 16.8. The molecule has 1 fully saturated rings. The number of anilines is 2. The lowest BCUT2D eigenvalue weighted by atomic mass is 9.95. The number of hydrogen-bond donors (Lipinski definition) is 4. The van der Waals surface area contributed by atoms with E-state index in [1.807, 2.05) is 18.2 Å². The van der Waals surface area contributed by atoms with Gasteiger partial charge >= 0.3 is 5.97 Å². The molecule has 9 heteroatoms. The van der Waals surface area contributed by atoms with Gasteiger partial charge in [0.1, 0.15) is 13.0 Å². The van der Waals surface area contributed by atoms with Crippen molar-refractivity contribution in [2.75, 3.05) is 17.9 Å². The molecule has 0 bridgehead atoms. The highest BCUT2D eigenvalue weighted by Crippen LogP contribution is 2.39. The molecule has 5 N–H and O–H groups in total. The number of aromatic nitrogens is 1. The van der Waals surface area contributed by atoms with Crippen LogP contribution in [0, 0.1) is 12.8 Å². The average Bonchev–Trinajstić information content (AvgIpc) is 3.66. The van der Waals surface area contributed by atoms with Gasteiger partial charge in [-0.05, 0) is 67.3 Å². The predicted molar refractivity (Wildman–Crippen MR) is 134 cm³/mol. The fraction of sp³-hybridized carbons (Fsp3) is 0.269. The number of carboxylic acid groups (broad SMARTS) is 1. The number of nitrogens with zero attached hydrogens (tertiary/aromatic N) is 1. The zero-order valence-corrected chi connectivity index (χ0v) is 20.3. The van der Waals surface area contributed by atoms with Gasteiger partial charge in [0, 0.05) is 27.1 Å². The van der Waals surface area contributed by atoms with Crippen molar-refractivity contribution in [3.05, 3.63) is 76.6 Å². The van der Waals surface area contributed by atoms with Gasteiger partial charge < -0.3 is 15.8 Å². The molecule has 0 spiro atoms. The maximum atomic E-state index is 13.4. The molecule has 1 aliphatic carbocycles. The largest absolute Gasteiger partial charge is 0.478 e. The molecule has 0 radical (unpaired) electrons. The van der Waals surface area contributed by atoms with E-state index in [1.54, 1.807) is 49.2 Å². The molecule has 2 aromatic carbocycles. The molecule has 3 aromatic rings. The summed E-state index contributed by atoms with van der Waals surface area (Å²) in [7, 11) is 1.55. The summed E-state index contributed by atoms with van der Waals surface area (Å²) in [6.45, 7) is 1.71. The van der Waals surface area contributed by atoms with Crippen LogP contribution in [0.3, 0.4) is 0 Å². The SMILES string of the molecule is CO[n+]1cc(-c2cc(Cl)ccc2NN)ccc1C(CC1CC1)C(=O)Nc1ccc(C(=O)O)c(C)c1. The van der Waals surface area contributed by atoms with Gasteiger partial charge in [-0.2, -0.15) is 0 Å². The Hall–Kier alpha value is -3.62. The van der Waals surface area contributed by atoms with Crippen LogP contribution in [-0.4, -0.2) is 24.1 Å². The van der Waals surface area contributed by atoms with Crippen LogP contribution < -0.4 is 26.2 Å². The summed E-state index contributed by atoms with van der Waals surface area (Å²) in [5.41, 5.74) is 7.05. The molecule has 182 valence electrons. The molecular weight excluding hydrogens is 468 g/mol. The maximum absolute atomic E-state index is 13.4. The van der Waals surface area contributed by atoms with E-state index in [-0.39, 0.29) is 11.5 Å². The number of hydrogen-bond acceptors (Lipinski definition) is 5. The van der Waals surface area contributed by atoms with Crippen LogP contribution in [0.5, 0.6) is 0 Å². The van der Waals surface area contributed by atoms with Gasteiger partial charge in [-0.1, -0.05) is 24.4 Å². The highest BCUT2D eigenvalue weighted by atomic mass is 35.5. The van der Waals surface area contributed by atoms with Crippen LogP contribution in [-0.2, 0) is 4.79 Å². The monoisotopic (exact) mass is 495 g/mol. The highest BCUT2D eigenvalue weighted by Gasteiger charge is 2.36. The summed E-state index contributed by atoms with van der Waals surface area (Å²) in [5.74, 6) is 4.53. The van der Waals surface area contributed by atoms with E-state index in [4.69, 9.17) is 22.3 Å². The number of nitrogens with one attached hydrogen (secondary N) is 2. The van der Waals surface area contributed by atoms with E-state index < -0.39 is 11.9 Å². The van der Waals surface area contributed by atoms with Gasteiger partial charge in [-0.3, -0.25) is 15.5 Å². The fourth-order valence-electron chi connectivity index (χ4n) is 4.22. The number of aromatic carboxylic acids is 1. The average molecular weight is 496 g/mol. The maximum Gasteiger partial charge on any atom is 0.335 e. The van der Waals surface area contributed by atoms with Crippen LogP contribution >= 0.6 is 11.6 Å². The van der Waals surface area contributed by atoms with E-state index in [0.29, 0.717) is 40.0 Å². The van der Waals surface area contributed by atoms with Crippen LogP contribution in [0.15, 0.2) is 54.7 Å². The standard InChI is InChI=1S/C26H27ClN4O4/c1-15-11-19(7-8-20(15)26(33)34)29-25(32)22(12-16-3-4-16)24-10-5-17(14-31(24)35-2)21-13-18(27)6-9-23(21)30-28/h5-11,13-14,16,22,30H,3-4,12,28H2,1-2H3,(H-,29,32,33,34)/p+1. The summed E-state index contributed by atoms with van der Waals surface area (Å²) < 4.78 is 1.60.